The predicted molar refractivity (Wildman–Crippen MR) is 345 cm³/mol. The summed E-state index contributed by atoms with van der Waals surface area (Å²) in [6.07, 6.45) is 4.94. The number of ether oxygens (including phenoxy) is 4. The Balaban J connectivity index is 0.00000378. The van der Waals surface area contributed by atoms with Crippen molar-refractivity contribution in [1.82, 2.24) is 51.5 Å². The van der Waals surface area contributed by atoms with Gasteiger partial charge in [0.05, 0.1) is 65.2 Å². The molecule has 6 N–H and O–H groups in total. The number of urea groups is 2. The molecule has 8 rings (SSSR count). The van der Waals surface area contributed by atoms with Gasteiger partial charge in [0.2, 0.25) is 0 Å². The maximum atomic E-state index is 12.2. The van der Waals surface area contributed by atoms with Gasteiger partial charge in [0.25, 0.3) is 0 Å². The number of anilines is 2. The summed E-state index contributed by atoms with van der Waals surface area (Å²) in [7, 11) is 4.21. The van der Waals surface area contributed by atoms with Crippen LogP contribution in [0.1, 0.15) is 58.1 Å². The fourth-order valence-corrected chi connectivity index (χ4v) is 10.9. The molecule has 0 aliphatic carbocycles. The molecule has 2 atom stereocenters. The molecular formula is C58H74Cl8N12O6. The fourth-order valence-electron chi connectivity index (χ4n) is 9.75. The lowest BCUT2D eigenvalue weighted by Crippen LogP contribution is -2.39. The maximum absolute atomic E-state index is 12.2. The lowest BCUT2D eigenvalue weighted by atomic mass is 9.84. The number of likely N-dealkylation sites (N-methyl/N-ethyl adjacent to an activating group) is 2. The van der Waals surface area contributed by atoms with Gasteiger partial charge in [0, 0.05) is 109 Å². The van der Waals surface area contributed by atoms with Crippen LogP contribution in [0.25, 0.3) is 22.3 Å². The first-order valence-electron chi connectivity index (χ1n) is 27.0. The minimum atomic E-state index is -0.273. The summed E-state index contributed by atoms with van der Waals surface area (Å²) >= 11 is 26.1. The molecule has 4 amide bonds. The van der Waals surface area contributed by atoms with Crippen LogP contribution in [0.3, 0.4) is 0 Å². The van der Waals surface area contributed by atoms with Gasteiger partial charge in [-0.1, -0.05) is 94.9 Å². The molecule has 0 fully saturated rings. The second-order valence-electron chi connectivity index (χ2n) is 19.7. The Kier molecular flexibility index (Phi) is 32.2. The first-order chi connectivity index (χ1) is 39.0. The molecule has 2 aromatic heterocycles. The maximum Gasteiger partial charge on any atom is 0.314 e. The number of hydrogen-bond acceptors (Lipinski definition) is 14. The molecule has 4 aromatic carbocycles. The van der Waals surface area contributed by atoms with Gasteiger partial charge in [0.1, 0.15) is 11.6 Å². The molecule has 0 unspecified atom stereocenters. The summed E-state index contributed by atoms with van der Waals surface area (Å²) in [5.41, 5.74) is 10.9. The van der Waals surface area contributed by atoms with Crippen LogP contribution >= 0.6 is 96.0 Å². The van der Waals surface area contributed by atoms with Gasteiger partial charge < -0.3 is 60.6 Å². The molecule has 4 heterocycles. The molecule has 0 radical (unpaired) electrons. The van der Waals surface area contributed by atoms with E-state index in [-0.39, 0.29) is 73.5 Å². The van der Waals surface area contributed by atoms with Crippen molar-refractivity contribution in [3.8, 4) is 22.3 Å². The number of fused-ring (bicyclic) bond motifs is 2. The highest BCUT2D eigenvalue weighted by atomic mass is 35.5. The number of nitrogens with zero attached hydrogens (tertiary/aromatic N) is 6. The van der Waals surface area contributed by atoms with Gasteiger partial charge in [-0.2, -0.15) is 10.2 Å². The van der Waals surface area contributed by atoms with Crippen LogP contribution in [0.5, 0.6) is 0 Å². The molecule has 0 saturated heterocycles. The number of benzene rings is 4. The summed E-state index contributed by atoms with van der Waals surface area (Å²) in [5, 5.41) is 37.4. The van der Waals surface area contributed by atoms with Crippen LogP contribution < -0.4 is 31.9 Å². The van der Waals surface area contributed by atoms with Gasteiger partial charge in [-0.05, 0) is 108 Å². The summed E-state index contributed by atoms with van der Waals surface area (Å²) in [5.74, 6) is 1.57. The number of amides is 4. The molecule has 2 aliphatic heterocycles. The highest BCUT2D eigenvalue weighted by molar-refractivity contribution is 6.35. The number of carbonyl (C=O) groups is 2. The third-order valence-electron chi connectivity index (χ3n) is 13.6. The predicted octanol–water partition coefficient (Wildman–Crippen LogP) is 11.0. The number of rotatable bonds is 29. The molecule has 6 aromatic rings. The average molecular weight is 1320 g/mol. The zero-order valence-corrected chi connectivity index (χ0v) is 53.1. The quantitative estimate of drug-likeness (QED) is 0.0242. The van der Waals surface area contributed by atoms with Crippen molar-refractivity contribution in [2.75, 3.05) is 130 Å². The third-order valence-corrected chi connectivity index (χ3v) is 14.7. The van der Waals surface area contributed by atoms with Crippen molar-refractivity contribution in [3.63, 3.8) is 0 Å². The van der Waals surface area contributed by atoms with E-state index in [4.69, 9.17) is 65.4 Å². The Morgan fingerprint density at radius 3 is 1.27 bits per heavy atom. The van der Waals surface area contributed by atoms with E-state index in [0.717, 1.165) is 59.6 Å². The first-order valence-corrected chi connectivity index (χ1v) is 28.5. The number of aromatic nitrogens is 4. The van der Waals surface area contributed by atoms with Gasteiger partial charge >= 0.3 is 12.1 Å². The van der Waals surface area contributed by atoms with Crippen LogP contribution in [0.2, 0.25) is 20.1 Å². The van der Waals surface area contributed by atoms with E-state index in [1.807, 2.05) is 36.4 Å². The van der Waals surface area contributed by atoms with Gasteiger partial charge in [0.15, 0.2) is 0 Å². The molecular weight excluding hydrogens is 1240 g/mol. The van der Waals surface area contributed by atoms with Gasteiger partial charge in [-0.25, -0.2) is 9.59 Å². The standard InChI is InChI=1S/C58H70Cl4N12O6.4ClH/c1-73-35-49(47-29-45(59)31-53(61)51(47)37-73)41-9-5-7-39(25-41)43-27-55(71-69-33-43)63-13-17-77-21-23-79-19-15-67-57(75)65-11-3-4-12-66-58(76)68-16-20-80-24-22-78-18-14-64-56-28-44(34-70-72-56)40-8-6-10-42(26-40)50-36-74(2)38-52-48(50)30-46(60)32-54(52)62;;;;/h5-10,25-34,49-50H,3-4,11-24,35-38H2,1-2H3,(H,63,71)(H,64,72)(H2,65,67,75)(H2,66,68,76);4*1H/t49-,50-;;;;/m0..../s1. The van der Waals surface area contributed by atoms with E-state index in [1.165, 1.54) is 22.3 Å². The Labute approximate surface area is 536 Å². The zero-order chi connectivity index (χ0) is 56.1. The third kappa shape index (κ3) is 22.2. The van der Waals surface area contributed by atoms with Crippen LogP contribution in [-0.2, 0) is 32.0 Å². The molecule has 0 saturated carbocycles. The number of carbonyl (C=O) groups excluding carboxylic acids is 2. The normalized spacial score (nSPS) is 14.5. The molecule has 2 aliphatic rings. The Morgan fingerprint density at radius 1 is 0.488 bits per heavy atom. The Hall–Kier alpha value is -4.74. The lowest BCUT2D eigenvalue weighted by Gasteiger charge is -2.33. The lowest BCUT2D eigenvalue weighted by molar-refractivity contribution is 0.0532. The molecule has 84 heavy (non-hydrogen) atoms. The molecule has 458 valence electrons. The molecule has 0 bridgehead atoms. The zero-order valence-electron chi connectivity index (χ0n) is 46.8. The van der Waals surface area contributed by atoms with E-state index in [9.17, 15) is 9.59 Å². The van der Waals surface area contributed by atoms with Crippen molar-refractivity contribution < 1.29 is 28.5 Å². The molecule has 0 spiro atoms. The number of hydrogen-bond donors (Lipinski definition) is 6. The summed E-state index contributed by atoms with van der Waals surface area (Å²) in [4.78, 5) is 28.9. The van der Waals surface area contributed by atoms with E-state index in [1.54, 1.807) is 12.4 Å². The van der Waals surface area contributed by atoms with Gasteiger partial charge in [-0.3, -0.25) is 0 Å². The molecule has 18 nitrogen and oxygen atoms in total. The van der Waals surface area contributed by atoms with Crippen molar-refractivity contribution in [2.45, 2.75) is 37.8 Å². The van der Waals surface area contributed by atoms with E-state index in [2.05, 4.69) is 125 Å². The van der Waals surface area contributed by atoms with Crippen LogP contribution in [0.4, 0.5) is 21.2 Å². The number of nitrogens with one attached hydrogen (secondary N) is 6. The van der Waals surface area contributed by atoms with Crippen molar-refractivity contribution in [2.24, 2.45) is 0 Å². The Morgan fingerprint density at radius 2 is 0.869 bits per heavy atom. The van der Waals surface area contributed by atoms with E-state index >= 15 is 0 Å². The van der Waals surface area contributed by atoms with Crippen molar-refractivity contribution >= 4 is 120 Å². The summed E-state index contributed by atoms with van der Waals surface area (Å²) in [6.45, 7) is 9.29. The van der Waals surface area contributed by atoms with Crippen molar-refractivity contribution in [3.05, 3.63) is 151 Å². The van der Waals surface area contributed by atoms with Crippen LogP contribution in [0.15, 0.2) is 97.3 Å². The highest BCUT2D eigenvalue weighted by Gasteiger charge is 2.29. The fraction of sp³-hybridized carbons (Fsp3) is 0.414. The minimum absolute atomic E-state index is 0. The van der Waals surface area contributed by atoms with E-state index < -0.39 is 0 Å². The first kappa shape index (κ1) is 71.7. The largest absolute Gasteiger partial charge is 0.377 e. The topological polar surface area (TPSA) is 201 Å². The Bertz CT molecular complexity index is 2800. The highest BCUT2D eigenvalue weighted by Crippen LogP contribution is 2.41. The van der Waals surface area contributed by atoms with Crippen LogP contribution in [0, 0.1) is 0 Å². The minimum Gasteiger partial charge on any atom is -0.377 e. The van der Waals surface area contributed by atoms with E-state index in [0.29, 0.717) is 137 Å². The molecule has 26 heteroatoms. The van der Waals surface area contributed by atoms with Crippen LogP contribution in [-0.4, -0.2) is 162 Å². The number of unbranched alkanes of at least 4 members (excludes halogenated alkanes) is 1. The average Bonchev–Trinajstić information content (AvgIpc) is 3.27. The van der Waals surface area contributed by atoms with Gasteiger partial charge in [-0.15, -0.1) is 59.8 Å². The second kappa shape index (κ2) is 37.7. The smallest absolute Gasteiger partial charge is 0.314 e. The summed E-state index contributed by atoms with van der Waals surface area (Å²) < 4.78 is 22.6. The second-order valence-corrected chi connectivity index (χ2v) is 21.4. The summed E-state index contributed by atoms with van der Waals surface area (Å²) in [6, 6.07) is 28.1. The number of halogens is 8. The monoisotopic (exact) mass is 1310 g/mol. The SMILES string of the molecule is CN1Cc2c(Cl)cc(Cl)cc2[C@H](c2cccc(-c3cnnc(NCCOCCOCCNC(=O)NCCCCNC(=O)NCCOCCOCCNc4cc(-c5cccc([C@@H]6CN(C)Cc7c(Cl)cc(Cl)cc76)c5)cnn4)c3)c2)C1.Cl.Cl.Cl.Cl. The van der Waals surface area contributed by atoms with Crippen molar-refractivity contribution in [1.29, 1.82) is 0 Å².